The molecule has 152 valence electrons. The van der Waals surface area contributed by atoms with Gasteiger partial charge in [-0.15, -0.1) is 0 Å². The monoisotopic (exact) mass is 366 g/mol. The highest BCUT2D eigenvalue weighted by atomic mass is 16.9. The van der Waals surface area contributed by atoms with Crippen LogP contribution in [0.4, 0.5) is 0 Å². The van der Waals surface area contributed by atoms with Gasteiger partial charge in [-0.3, -0.25) is 0 Å². The molecule has 0 bridgehead atoms. The van der Waals surface area contributed by atoms with Crippen LogP contribution in [0.3, 0.4) is 0 Å². The van der Waals surface area contributed by atoms with Gasteiger partial charge in [0.15, 0.2) is 0 Å². The zero-order valence-electron chi connectivity index (χ0n) is 17.3. The topological polar surface area (TPSA) is 61.9 Å². The Labute approximate surface area is 153 Å². The molecule has 0 heterocycles. The second-order valence-electron chi connectivity index (χ2n) is 6.09. The first-order valence-electron chi connectivity index (χ1n) is 8.54. The molecule has 0 rings (SSSR count). The fraction of sp³-hybridized carbons (Fsp3) is 1.00. The van der Waals surface area contributed by atoms with Gasteiger partial charge >= 0.3 is 0 Å². The van der Waals surface area contributed by atoms with E-state index in [1.165, 1.54) is 0 Å². The molecule has 0 aliphatic heterocycles. The van der Waals surface area contributed by atoms with Gasteiger partial charge in [-0.05, 0) is 33.6 Å². The molecule has 0 aromatic rings. The van der Waals surface area contributed by atoms with Gasteiger partial charge in [0, 0.05) is 68.6 Å². The third-order valence-corrected chi connectivity index (χ3v) is 4.41. The molecule has 0 saturated carbocycles. The highest BCUT2D eigenvalue weighted by Gasteiger charge is 2.32. The molecular weight excluding hydrogens is 328 g/mol. The lowest BCUT2D eigenvalue weighted by Gasteiger charge is -2.34. The Hall–Kier alpha value is -0.320. The summed E-state index contributed by atoms with van der Waals surface area (Å²) in [5.41, 5.74) is 0. The molecule has 0 radical (unpaired) electrons. The summed E-state index contributed by atoms with van der Waals surface area (Å²) in [5.74, 6) is -2.05. The molecule has 0 aliphatic carbocycles. The van der Waals surface area contributed by atoms with Gasteiger partial charge in [0.2, 0.25) is 0 Å². The molecule has 0 unspecified atom stereocenters. The van der Waals surface area contributed by atoms with E-state index in [0.29, 0.717) is 12.8 Å². The van der Waals surface area contributed by atoms with Crippen LogP contribution in [0.2, 0.25) is 0 Å². The molecule has 0 N–H and O–H groups in total. The van der Waals surface area contributed by atoms with Crippen molar-refractivity contribution in [3.05, 3.63) is 0 Å². The van der Waals surface area contributed by atoms with E-state index in [2.05, 4.69) is 23.9 Å². The normalized spacial score (nSPS) is 13.2. The Kier molecular flexibility index (Phi) is 12.8. The van der Waals surface area contributed by atoms with Crippen molar-refractivity contribution in [3.8, 4) is 0 Å². The van der Waals surface area contributed by atoms with Gasteiger partial charge in [-0.2, -0.15) is 0 Å². The van der Waals surface area contributed by atoms with Crippen LogP contribution < -0.4 is 0 Å². The molecule has 8 heteroatoms. The van der Waals surface area contributed by atoms with Crippen molar-refractivity contribution in [2.24, 2.45) is 0 Å². The number of nitrogens with zero attached hydrogens (tertiary/aromatic N) is 2. The van der Waals surface area contributed by atoms with E-state index < -0.39 is 11.9 Å². The minimum Gasteiger partial charge on any atom is -0.331 e. The molecule has 8 nitrogen and oxygen atoms in total. The minimum absolute atomic E-state index is 0.582. The predicted molar refractivity (Wildman–Crippen MR) is 96.4 cm³/mol. The number of hydrogen-bond donors (Lipinski definition) is 0. The second-order valence-corrected chi connectivity index (χ2v) is 6.09. The number of hydrogen-bond acceptors (Lipinski definition) is 8. The fourth-order valence-electron chi connectivity index (χ4n) is 2.65. The summed E-state index contributed by atoms with van der Waals surface area (Å²) in [6.45, 7) is 3.44. The van der Waals surface area contributed by atoms with Crippen LogP contribution in [-0.2, 0) is 28.4 Å². The van der Waals surface area contributed by atoms with E-state index in [0.717, 1.165) is 32.6 Å². The van der Waals surface area contributed by atoms with Crippen molar-refractivity contribution in [2.75, 3.05) is 82.9 Å². The lowest BCUT2D eigenvalue weighted by Crippen LogP contribution is -2.43. The summed E-state index contributed by atoms with van der Waals surface area (Å²) < 4.78 is 32.3. The molecule has 0 spiro atoms. The maximum absolute atomic E-state index is 5.38. The van der Waals surface area contributed by atoms with Gasteiger partial charge in [-0.1, -0.05) is 0 Å². The average Bonchev–Trinajstić information content (AvgIpc) is 2.63. The Morgan fingerprint density at radius 1 is 0.560 bits per heavy atom. The standard InChI is InChI=1S/C17H38N2O6/c1-18(2)12-9-13-19(14-10-16(20-3,21-4)22-5)15-11-17(23-6,24-7)25-8/h9-15H2,1-8H3. The third-order valence-electron chi connectivity index (χ3n) is 4.41. The van der Waals surface area contributed by atoms with E-state index >= 15 is 0 Å². The first-order valence-corrected chi connectivity index (χ1v) is 8.54. The van der Waals surface area contributed by atoms with Crippen LogP contribution in [0.15, 0.2) is 0 Å². The van der Waals surface area contributed by atoms with Crippen LogP contribution in [0, 0.1) is 0 Å². The highest BCUT2D eigenvalue weighted by molar-refractivity contribution is 4.68. The molecule has 0 atom stereocenters. The van der Waals surface area contributed by atoms with Gasteiger partial charge in [0.25, 0.3) is 11.9 Å². The molecule has 0 fully saturated rings. The van der Waals surface area contributed by atoms with Crippen molar-refractivity contribution in [1.29, 1.82) is 0 Å². The predicted octanol–water partition coefficient (Wildman–Crippen LogP) is 1.21. The Bertz CT molecular complexity index is 282. The average molecular weight is 366 g/mol. The lowest BCUT2D eigenvalue weighted by atomic mass is 10.2. The molecule has 0 amide bonds. The van der Waals surface area contributed by atoms with Crippen LogP contribution in [0.1, 0.15) is 19.3 Å². The highest BCUT2D eigenvalue weighted by Crippen LogP contribution is 2.20. The Morgan fingerprint density at radius 3 is 1.20 bits per heavy atom. The van der Waals surface area contributed by atoms with Crippen LogP contribution in [0.25, 0.3) is 0 Å². The van der Waals surface area contributed by atoms with E-state index in [4.69, 9.17) is 28.4 Å². The first-order chi connectivity index (χ1) is 11.9. The Morgan fingerprint density at radius 2 is 0.920 bits per heavy atom. The second kappa shape index (κ2) is 12.9. The molecule has 0 saturated heterocycles. The number of rotatable bonds is 16. The van der Waals surface area contributed by atoms with Crippen molar-refractivity contribution in [2.45, 2.75) is 31.2 Å². The minimum atomic E-state index is -1.03. The van der Waals surface area contributed by atoms with E-state index in [9.17, 15) is 0 Å². The van der Waals surface area contributed by atoms with E-state index in [1.807, 2.05) is 0 Å². The Balaban J connectivity index is 4.79. The van der Waals surface area contributed by atoms with Gasteiger partial charge in [0.05, 0.1) is 0 Å². The molecule has 0 aromatic heterocycles. The largest absolute Gasteiger partial charge is 0.331 e. The maximum Gasteiger partial charge on any atom is 0.283 e. The zero-order chi connectivity index (χ0) is 19.3. The van der Waals surface area contributed by atoms with Crippen molar-refractivity contribution in [1.82, 2.24) is 9.80 Å². The molecule has 0 aliphatic rings. The summed E-state index contributed by atoms with van der Waals surface area (Å²) in [6, 6.07) is 0. The van der Waals surface area contributed by atoms with Crippen molar-refractivity contribution >= 4 is 0 Å². The van der Waals surface area contributed by atoms with Crippen LogP contribution in [-0.4, -0.2) is 105 Å². The van der Waals surface area contributed by atoms with E-state index in [1.54, 1.807) is 42.7 Å². The molecule has 0 aromatic carbocycles. The fourth-order valence-corrected chi connectivity index (χ4v) is 2.65. The summed E-state index contributed by atoms with van der Waals surface area (Å²) >= 11 is 0. The summed E-state index contributed by atoms with van der Waals surface area (Å²) in [6.07, 6.45) is 2.21. The first kappa shape index (κ1) is 24.7. The van der Waals surface area contributed by atoms with Crippen LogP contribution >= 0.6 is 0 Å². The van der Waals surface area contributed by atoms with Gasteiger partial charge < -0.3 is 38.2 Å². The third kappa shape index (κ3) is 8.74. The summed E-state index contributed by atoms with van der Waals surface area (Å²) in [5, 5.41) is 0. The van der Waals surface area contributed by atoms with Crippen molar-refractivity contribution < 1.29 is 28.4 Å². The molecule has 25 heavy (non-hydrogen) atoms. The summed E-state index contributed by atoms with van der Waals surface area (Å²) in [7, 11) is 13.6. The van der Waals surface area contributed by atoms with Crippen molar-refractivity contribution in [3.63, 3.8) is 0 Å². The van der Waals surface area contributed by atoms with Crippen LogP contribution in [0.5, 0.6) is 0 Å². The number of ether oxygens (including phenoxy) is 6. The van der Waals surface area contributed by atoms with Gasteiger partial charge in [-0.25, -0.2) is 0 Å². The molecular formula is C17H38N2O6. The lowest BCUT2D eigenvalue weighted by molar-refractivity contribution is -0.359. The smallest absolute Gasteiger partial charge is 0.283 e. The maximum atomic E-state index is 5.38. The summed E-state index contributed by atoms with van der Waals surface area (Å²) in [4.78, 5) is 4.48. The van der Waals surface area contributed by atoms with Gasteiger partial charge in [0.1, 0.15) is 0 Å². The quantitative estimate of drug-likeness (QED) is 0.378. The zero-order valence-corrected chi connectivity index (χ0v) is 17.3. The van der Waals surface area contributed by atoms with E-state index in [-0.39, 0.29) is 0 Å². The SMILES string of the molecule is COC(CCN(CCCN(C)C)CCC(OC)(OC)OC)(OC)OC. The number of methoxy groups -OCH3 is 6.